The minimum atomic E-state index is -0.313. The Balaban J connectivity index is 0.00000512. The van der Waals surface area contributed by atoms with Crippen LogP contribution in [-0.4, -0.2) is 23.3 Å². The maximum Gasteiger partial charge on any atom is 0.305 e. The number of carbonyl (C=O) groups is 3. The number of carbonyl (C=O) groups excluding carboxylic acids is 3. The van der Waals surface area contributed by atoms with E-state index in [2.05, 4.69) is 15.8 Å². The highest BCUT2D eigenvalue weighted by Crippen LogP contribution is 2.20. The molecule has 0 aliphatic rings. The van der Waals surface area contributed by atoms with Crippen molar-refractivity contribution in [2.75, 3.05) is 5.32 Å². The first-order chi connectivity index (χ1) is 14.7. The first-order valence-electron chi connectivity index (χ1n) is 10.1. The fraction of sp³-hybridized carbons (Fsp3) is 0.348. The molecule has 0 saturated heterocycles. The SMILES string of the molecule is Cc1cc(Cl)ccc1NC(=O)CC/C(CC(=O)C(C)C)=N/NC(=O)C[n+]1ccccc1.[Cl-]. The molecule has 7 nitrogen and oxygen atoms in total. The van der Waals surface area contributed by atoms with Crippen molar-refractivity contribution < 1.29 is 31.4 Å². The predicted octanol–water partition coefficient (Wildman–Crippen LogP) is 0.446. The van der Waals surface area contributed by atoms with Gasteiger partial charge in [-0.1, -0.05) is 31.5 Å². The second-order valence-electron chi connectivity index (χ2n) is 7.57. The van der Waals surface area contributed by atoms with Crippen molar-refractivity contribution in [1.29, 1.82) is 0 Å². The summed E-state index contributed by atoms with van der Waals surface area (Å²) in [6, 6.07) is 10.7. The Kier molecular flexibility index (Phi) is 11.6. The Morgan fingerprint density at radius 1 is 1.06 bits per heavy atom. The number of pyridine rings is 1. The minimum Gasteiger partial charge on any atom is -1.00 e. The standard InChI is InChI=1S/C23H27ClN4O3.ClH/c1-16(2)21(29)14-19(26-27-23(31)15-28-11-5-4-6-12-28)8-10-22(30)25-20-9-7-18(24)13-17(20)3;/h4-7,9,11-13,16H,8,10,14-15H2,1-3H3,(H-,25,27,30,31);1H/b26-19-;. The van der Waals surface area contributed by atoms with Gasteiger partial charge in [-0.05, 0) is 37.1 Å². The number of hydrazone groups is 1. The number of hydrogen-bond donors (Lipinski definition) is 2. The molecule has 0 aliphatic carbocycles. The van der Waals surface area contributed by atoms with Crippen molar-refractivity contribution in [3.63, 3.8) is 0 Å². The summed E-state index contributed by atoms with van der Waals surface area (Å²) in [6.45, 7) is 5.57. The molecule has 0 atom stereocenters. The Morgan fingerprint density at radius 2 is 1.75 bits per heavy atom. The van der Waals surface area contributed by atoms with Gasteiger partial charge in [0.2, 0.25) is 12.5 Å². The third-order valence-corrected chi connectivity index (χ3v) is 4.80. The van der Waals surface area contributed by atoms with Crippen molar-refractivity contribution in [2.24, 2.45) is 11.0 Å². The fourth-order valence-corrected chi connectivity index (χ4v) is 2.94. The van der Waals surface area contributed by atoms with E-state index in [1.807, 2.05) is 25.1 Å². The lowest BCUT2D eigenvalue weighted by molar-refractivity contribution is -0.684. The van der Waals surface area contributed by atoms with Gasteiger partial charge in [0.25, 0.3) is 0 Å². The lowest BCUT2D eigenvalue weighted by Crippen LogP contribution is -3.00. The number of ketones is 1. The lowest BCUT2D eigenvalue weighted by atomic mass is 10.0. The van der Waals surface area contributed by atoms with E-state index in [0.29, 0.717) is 16.4 Å². The van der Waals surface area contributed by atoms with Gasteiger partial charge in [-0.15, -0.1) is 0 Å². The maximum absolute atomic E-state index is 12.4. The third-order valence-electron chi connectivity index (χ3n) is 4.57. The summed E-state index contributed by atoms with van der Waals surface area (Å²) < 4.78 is 1.71. The number of aromatic nitrogens is 1. The highest BCUT2D eigenvalue weighted by atomic mass is 35.5. The van der Waals surface area contributed by atoms with Crippen LogP contribution in [0.5, 0.6) is 0 Å². The molecule has 0 spiro atoms. The molecule has 32 heavy (non-hydrogen) atoms. The molecule has 0 bridgehead atoms. The first-order valence-corrected chi connectivity index (χ1v) is 10.5. The zero-order valence-electron chi connectivity index (χ0n) is 18.4. The number of halogens is 2. The van der Waals surface area contributed by atoms with Gasteiger partial charge in [0.1, 0.15) is 5.78 Å². The normalized spacial score (nSPS) is 11.0. The van der Waals surface area contributed by atoms with Crippen LogP contribution in [0.1, 0.15) is 38.7 Å². The monoisotopic (exact) mass is 478 g/mol. The quantitative estimate of drug-likeness (QED) is 0.295. The molecule has 2 rings (SSSR count). The number of hydrogen-bond acceptors (Lipinski definition) is 4. The number of rotatable bonds is 10. The Bertz CT molecular complexity index is 963. The number of nitrogens with zero attached hydrogens (tertiary/aromatic N) is 2. The molecule has 2 aromatic rings. The molecule has 2 N–H and O–H groups in total. The summed E-state index contributed by atoms with van der Waals surface area (Å²) in [4.78, 5) is 36.7. The van der Waals surface area contributed by atoms with E-state index >= 15 is 0 Å². The molecule has 0 fully saturated rings. The second-order valence-corrected chi connectivity index (χ2v) is 8.00. The summed E-state index contributed by atoms with van der Waals surface area (Å²) in [5.41, 5.74) is 4.50. The zero-order valence-corrected chi connectivity index (χ0v) is 19.9. The molecule has 1 heterocycles. The third kappa shape index (κ3) is 9.58. The summed E-state index contributed by atoms with van der Waals surface area (Å²) in [5, 5.41) is 7.57. The highest BCUT2D eigenvalue weighted by Gasteiger charge is 2.15. The van der Waals surface area contributed by atoms with Gasteiger partial charge < -0.3 is 17.7 Å². The van der Waals surface area contributed by atoms with Crippen molar-refractivity contribution in [1.82, 2.24) is 5.43 Å². The highest BCUT2D eigenvalue weighted by molar-refractivity contribution is 6.30. The number of benzene rings is 1. The van der Waals surface area contributed by atoms with E-state index in [1.54, 1.807) is 49.0 Å². The number of nitrogens with one attached hydrogen (secondary N) is 2. The van der Waals surface area contributed by atoms with Gasteiger partial charge in [-0.3, -0.25) is 14.4 Å². The first kappa shape index (κ1) is 27.3. The van der Waals surface area contributed by atoms with Gasteiger partial charge in [0, 0.05) is 47.3 Å². The summed E-state index contributed by atoms with van der Waals surface area (Å²) in [6.07, 6.45) is 4.03. The van der Waals surface area contributed by atoms with Crippen LogP contribution in [0.2, 0.25) is 5.02 Å². The van der Waals surface area contributed by atoms with Gasteiger partial charge in [0.15, 0.2) is 12.4 Å². The van der Waals surface area contributed by atoms with Crippen LogP contribution in [0.3, 0.4) is 0 Å². The van der Waals surface area contributed by atoms with Crippen molar-refractivity contribution in [3.8, 4) is 0 Å². The molecule has 0 radical (unpaired) electrons. The molecule has 1 aromatic heterocycles. The summed E-state index contributed by atoms with van der Waals surface area (Å²) in [5.74, 6) is -0.682. The predicted molar refractivity (Wildman–Crippen MR) is 121 cm³/mol. The average Bonchev–Trinajstić information content (AvgIpc) is 2.72. The van der Waals surface area contributed by atoms with E-state index in [0.717, 1.165) is 5.56 Å². The largest absolute Gasteiger partial charge is 1.00 e. The van der Waals surface area contributed by atoms with E-state index in [9.17, 15) is 14.4 Å². The number of anilines is 1. The minimum absolute atomic E-state index is 0. The molecule has 2 amide bonds. The Labute approximate surface area is 199 Å². The number of amides is 2. The topological polar surface area (TPSA) is 91.5 Å². The average molecular weight is 479 g/mol. The van der Waals surface area contributed by atoms with Crippen LogP contribution in [0.25, 0.3) is 0 Å². The van der Waals surface area contributed by atoms with Crippen molar-refractivity contribution in [3.05, 3.63) is 59.4 Å². The fourth-order valence-electron chi connectivity index (χ4n) is 2.71. The molecular weight excluding hydrogens is 451 g/mol. The molecule has 0 unspecified atom stereocenters. The second kappa shape index (κ2) is 13.6. The van der Waals surface area contributed by atoms with Crippen molar-refractivity contribution in [2.45, 2.75) is 46.6 Å². The van der Waals surface area contributed by atoms with Crippen LogP contribution >= 0.6 is 11.6 Å². The van der Waals surface area contributed by atoms with E-state index < -0.39 is 0 Å². The summed E-state index contributed by atoms with van der Waals surface area (Å²) in [7, 11) is 0. The Morgan fingerprint density at radius 3 is 2.38 bits per heavy atom. The molecule has 1 aromatic carbocycles. The van der Waals surface area contributed by atoms with Gasteiger partial charge in [0.05, 0.1) is 0 Å². The van der Waals surface area contributed by atoms with Gasteiger partial charge in [-0.25, -0.2) is 5.43 Å². The zero-order chi connectivity index (χ0) is 22.8. The smallest absolute Gasteiger partial charge is 0.305 e. The van der Waals surface area contributed by atoms with E-state index in [4.69, 9.17) is 11.6 Å². The van der Waals surface area contributed by atoms with E-state index in [1.165, 1.54) is 0 Å². The van der Waals surface area contributed by atoms with Crippen LogP contribution in [-0.2, 0) is 20.9 Å². The van der Waals surface area contributed by atoms with Crippen LogP contribution < -0.4 is 27.7 Å². The molecule has 0 aliphatic heterocycles. The lowest BCUT2D eigenvalue weighted by Gasteiger charge is -2.10. The van der Waals surface area contributed by atoms with E-state index in [-0.39, 0.29) is 61.7 Å². The van der Waals surface area contributed by atoms with Crippen molar-refractivity contribution >= 4 is 40.6 Å². The molecular formula is C23H28Cl2N4O3. The number of aryl methyl sites for hydroxylation is 1. The van der Waals surface area contributed by atoms with Gasteiger partial charge in [-0.2, -0.15) is 9.67 Å². The maximum atomic E-state index is 12.4. The van der Waals surface area contributed by atoms with Crippen LogP contribution in [0.4, 0.5) is 5.69 Å². The molecule has 9 heteroatoms. The van der Waals surface area contributed by atoms with Crippen LogP contribution in [0.15, 0.2) is 53.9 Å². The van der Waals surface area contributed by atoms with Crippen LogP contribution in [0, 0.1) is 12.8 Å². The molecule has 172 valence electrons. The number of Topliss-reactive ketones (excluding diaryl/α,β-unsaturated/α-hetero) is 1. The Hall–Kier alpha value is -2.77. The summed E-state index contributed by atoms with van der Waals surface area (Å²) >= 11 is 5.95. The van der Waals surface area contributed by atoms with Gasteiger partial charge >= 0.3 is 5.91 Å². The molecule has 0 saturated carbocycles.